The summed E-state index contributed by atoms with van der Waals surface area (Å²) in [5, 5.41) is 8.72. The molecule has 28 heavy (non-hydrogen) atoms. The van der Waals surface area contributed by atoms with Crippen LogP contribution in [0, 0.1) is 12.7 Å². The van der Waals surface area contributed by atoms with Crippen molar-refractivity contribution in [2.75, 3.05) is 25.5 Å². The van der Waals surface area contributed by atoms with Gasteiger partial charge >= 0.3 is 6.18 Å². The van der Waals surface area contributed by atoms with Crippen LogP contribution in [0.25, 0.3) is 0 Å². The Kier molecular flexibility index (Phi) is 9.35. The molecular formula is C17H21F4IN6. The van der Waals surface area contributed by atoms with E-state index in [0.717, 1.165) is 17.8 Å². The highest BCUT2D eigenvalue weighted by Gasteiger charge is 2.32. The van der Waals surface area contributed by atoms with Crippen molar-refractivity contribution in [2.45, 2.75) is 19.6 Å². The summed E-state index contributed by atoms with van der Waals surface area (Å²) in [6, 6.07) is 5.76. The van der Waals surface area contributed by atoms with Crippen LogP contribution in [-0.4, -0.2) is 36.1 Å². The van der Waals surface area contributed by atoms with E-state index in [1.807, 2.05) is 6.07 Å². The Morgan fingerprint density at radius 2 is 1.89 bits per heavy atom. The van der Waals surface area contributed by atoms with Gasteiger partial charge in [0.05, 0.1) is 0 Å². The van der Waals surface area contributed by atoms with Gasteiger partial charge in [0.25, 0.3) is 0 Å². The van der Waals surface area contributed by atoms with Gasteiger partial charge in [-0.15, -0.1) is 24.0 Å². The van der Waals surface area contributed by atoms with E-state index in [2.05, 4.69) is 30.9 Å². The minimum absolute atomic E-state index is 0. The number of halogens is 5. The first-order valence-electron chi connectivity index (χ1n) is 8.13. The van der Waals surface area contributed by atoms with E-state index in [4.69, 9.17) is 0 Å². The number of guanidine groups is 1. The summed E-state index contributed by atoms with van der Waals surface area (Å²) in [7, 11) is 1.58. The molecule has 0 atom stereocenters. The van der Waals surface area contributed by atoms with Crippen LogP contribution < -0.4 is 16.0 Å². The third-order valence-corrected chi connectivity index (χ3v) is 3.57. The summed E-state index contributed by atoms with van der Waals surface area (Å²) in [5.41, 5.74) is 0.330. The van der Waals surface area contributed by atoms with Gasteiger partial charge in [0, 0.05) is 32.9 Å². The third-order valence-electron chi connectivity index (χ3n) is 3.57. The zero-order valence-corrected chi connectivity index (χ0v) is 17.6. The first kappa shape index (κ1) is 23.9. The molecule has 0 saturated heterocycles. The minimum atomic E-state index is -4.51. The van der Waals surface area contributed by atoms with E-state index < -0.39 is 11.9 Å². The van der Waals surface area contributed by atoms with Crippen LogP contribution in [0.2, 0.25) is 0 Å². The van der Waals surface area contributed by atoms with E-state index in [-0.39, 0.29) is 42.3 Å². The van der Waals surface area contributed by atoms with Crippen LogP contribution in [0.1, 0.15) is 16.8 Å². The summed E-state index contributed by atoms with van der Waals surface area (Å²) in [4.78, 5) is 11.2. The van der Waals surface area contributed by atoms with Gasteiger partial charge in [-0.25, -0.2) is 14.4 Å². The molecule has 1 heterocycles. The Labute approximate surface area is 177 Å². The highest BCUT2D eigenvalue weighted by Crippen LogP contribution is 2.27. The second-order valence-corrected chi connectivity index (χ2v) is 5.63. The molecule has 0 aliphatic heterocycles. The zero-order chi connectivity index (χ0) is 19.9. The van der Waals surface area contributed by atoms with E-state index in [0.29, 0.717) is 24.6 Å². The highest BCUT2D eigenvalue weighted by atomic mass is 127. The fourth-order valence-electron chi connectivity index (χ4n) is 2.11. The molecule has 0 spiro atoms. The van der Waals surface area contributed by atoms with Crippen molar-refractivity contribution in [3.8, 4) is 0 Å². The number of hydrogen-bond donors (Lipinski definition) is 3. The molecule has 1 aromatic heterocycles. The van der Waals surface area contributed by atoms with E-state index in [1.54, 1.807) is 20.0 Å². The molecule has 3 N–H and O–H groups in total. The van der Waals surface area contributed by atoms with Crippen LogP contribution in [0.15, 0.2) is 35.5 Å². The molecule has 0 radical (unpaired) electrons. The van der Waals surface area contributed by atoms with Crippen LogP contribution in [-0.2, 0) is 12.7 Å². The van der Waals surface area contributed by atoms with Crippen LogP contribution >= 0.6 is 24.0 Å². The number of anilines is 1. The van der Waals surface area contributed by atoms with Gasteiger partial charge in [-0.1, -0.05) is 12.1 Å². The summed E-state index contributed by atoms with van der Waals surface area (Å²) < 4.78 is 51.3. The summed E-state index contributed by atoms with van der Waals surface area (Å²) in [6.07, 6.45) is -3.47. The maximum absolute atomic E-state index is 13.5. The molecule has 154 valence electrons. The van der Waals surface area contributed by atoms with E-state index >= 15 is 0 Å². The van der Waals surface area contributed by atoms with Crippen LogP contribution in [0.3, 0.4) is 0 Å². The predicted molar refractivity (Wildman–Crippen MR) is 110 cm³/mol. The molecule has 0 bridgehead atoms. The first-order chi connectivity index (χ1) is 12.8. The fourth-order valence-corrected chi connectivity index (χ4v) is 2.11. The molecule has 6 nitrogen and oxygen atoms in total. The number of rotatable bonds is 6. The van der Waals surface area contributed by atoms with Crippen molar-refractivity contribution < 1.29 is 17.6 Å². The summed E-state index contributed by atoms with van der Waals surface area (Å²) in [6.45, 7) is 2.71. The SMILES string of the molecule is CN=C(NCCNc1nccc(C(F)(F)F)n1)NCc1ccc(C)c(F)c1.I. The number of aromatic nitrogens is 2. The minimum Gasteiger partial charge on any atom is -0.355 e. The molecular weight excluding hydrogens is 491 g/mol. The number of hydrogen-bond acceptors (Lipinski definition) is 4. The number of alkyl halides is 3. The molecule has 2 rings (SSSR count). The Morgan fingerprint density at radius 1 is 1.14 bits per heavy atom. The lowest BCUT2D eigenvalue weighted by Crippen LogP contribution is -2.39. The third kappa shape index (κ3) is 7.44. The maximum atomic E-state index is 13.5. The lowest BCUT2D eigenvalue weighted by Gasteiger charge is -2.13. The van der Waals surface area contributed by atoms with Crippen molar-refractivity contribution in [1.29, 1.82) is 0 Å². The zero-order valence-electron chi connectivity index (χ0n) is 15.3. The number of nitrogens with zero attached hydrogens (tertiary/aromatic N) is 3. The van der Waals surface area contributed by atoms with Gasteiger partial charge in [-0.3, -0.25) is 4.99 Å². The van der Waals surface area contributed by atoms with Crippen molar-refractivity contribution in [3.05, 3.63) is 53.1 Å². The topological polar surface area (TPSA) is 74.2 Å². The van der Waals surface area contributed by atoms with Crippen LogP contribution in [0.5, 0.6) is 0 Å². The average Bonchev–Trinajstić information content (AvgIpc) is 2.63. The largest absolute Gasteiger partial charge is 0.433 e. The Bertz CT molecular complexity index is 797. The standard InChI is InChI=1S/C17H20F4N6.HI/c1-11-3-4-12(9-13(11)18)10-26-15(22-2)24-7-8-25-16-23-6-5-14(27-16)17(19,20)21;/h3-6,9H,7-8,10H2,1-2H3,(H2,22,24,26)(H,23,25,27);1H. The molecule has 0 saturated carbocycles. The van der Waals surface area contributed by atoms with Gasteiger partial charge in [-0.05, 0) is 30.2 Å². The molecule has 2 aromatic rings. The predicted octanol–water partition coefficient (Wildman–Crippen LogP) is 3.34. The quantitative estimate of drug-likeness (QED) is 0.182. The Hall–Kier alpha value is -2.18. The van der Waals surface area contributed by atoms with Gasteiger partial charge in [0.1, 0.15) is 11.5 Å². The van der Waals surface area contributed by atoms with Gasteiger partial charge in [-0.2, -0.15) is 13.2 Å². The highest BCUT2D eigenvalue weighted by molar-refractivity contribution is 14.0. The molecule has 0 amide bonds. The van der Waals surface area contributed by atoms with Crippen LogP contribution in [0.4, 0.5) is 23.5 Å². The monoisotopic (exact) mass is 512 g/mol. The van der Waals surface area contributed by atoms with Crippen molar-refractivity contribution in [1.82, 2.24) is 20.6 Å². The van der Waals surface area contributed by atoms with Gasteiger partial charge in [0.2, 0.25) is 5.95 Å². The maximum Gasteiger partial charge on any atom is 0.433 e. The first-order valence-corrected chi connectivity index (χ1v) is 8.13. The molecule has 11 heteroatoms. The number of aryl methyl sites for hydroxylation is 1. The van der Waals surface area contributed by atoms with Gasteiger partial charge in [0.15, 0.2) is 5.96 Å². The summed E-state index contributed by atoms with van der Waals surface area (Å²) in [5.74, 6) is 0.0926. The lowest BCUT2D eigenvalue weighted by molar-refractivity contribution is -0.141. The van der Waals surface area contributed by atoms with Gasteiger partial charge < -0.3 is 16.0 Å². The second kappa shape index (κ2) is 11.0. The number of nitrogens with one attached hydrogen (secondary N) is 3. The normalized spacial score (nSPS) is 11.6. The number of benzene rings is 1. The van der Waals surface area contributed by atoms with Crippen molar-refractivity contribution >= 4 is 35.9 Å². The number of aliphatic imine (C=N–C) groups is 1. The van der Waals surface area contributed by atoms with E-state index in [1.165, 1.54) is 6.07 Å². The Morgan fingerprint density at radius 3 is 2.54 bits per heavy atom. The lowest BCUT2D eigenvalue weighted by atomic mass is 10.1. The van der Waals surface area contributed by atoms with Crippen molar-refractivity contribution in [2.24, 2.45) is 4.99 Å². The molecule has 0 aliphatic carbocycles. The molecule has 0 unspecified atom stereocenters. The average molecular weight is 512 g/mol. The Balaban J connectivity index is 0.00000392. The molecule has 0 fully saturated rings. The smallest absolute Gasteiger partial charge is 0.355 e. The van der Waals surface area contributed by atoms with E-state index in [9.17, 15) is 17.6 Å². The molecule has 0 aliphatic rings. The molecule has 1 aromatic carbocycles. The second-order valence-electron chi connectivity index (χ2n) is 5.63. The van der Waals surface area contributed by atoms with Crippen molar-refractivity contribution in [3.63, 3.8) is 0 Å². The fraction of sp³-hybridized carbons (Fsp3) is 0.353. The summed E-state index contributed by atoms with van der Waals surface area (Å²) >= 11 is 0.